The van der Waals surface area contributed by atoms with Crippen molar-refractivity contribution in [1.29, 1.82) is 0 Å². The van der Waals surface area contributed by atoms with Crippen molar-refractivity contribution in [3.63, 3.8) is 0 Å². The number of thiol groups is 1. The van der Waals surface area contributed by atoms with Gasteiger partial charge in [0, 0.05) is 7.05 Å². The van der Waals surface area contributed by atoms with Gasteiger partial charge in [-0.15, -0.1) is 5.10 Å². The van der Waals surface area contributed by atoms with Gasteiger partial charge in [-0.1, -0.05) is 41.5 Å². The molecule has 6 nitrogen and oxygen atoms in total. The van der Waals surface area contributed by atoms with Gasteiger partial charge in [0.05, 0.1) is 16.8 Å². The van der Waals surface area contributed by atoms with E-state index in [0.717, 1.165) is 24.0 Å². The first-order chi connectivity index (χ1) is 14.5. The molecule has 0 radical (unpaired) electrons. The molecule has 0 atom stereocenters. The Kier molecular flexibility index (Phi) is 9.20. The highest BCUT2D eigenvalue weighted by Gasteiger charge is 2.24. The van der Waals surface area contributed by atoms with Crippen molar-refractivity contribution in [2.45, 2.75) is 33.6 Å². The summed E-state index contributed by atoms with van der Waals surface area (Å²) >= 11 is 9.87. The Morgan fingerprint density at radius 1 is 1.33 bits per heavy atom. The molecule has 160 valence electrons. The van der Waals surface area contributed by atoms with Crippen molar-refractivity contribution in [2.24, 2.45) is 5.10 Å². The van der Waals surface area contributed by atoms with Gasteiger partial charge in [-0.05, 0) is 57.7 Å². The van der Waals surface area contributed by atoms with E-state index in [-0.39, 0.29) is 0 Å². The van der Waals surface area contributed by atoms with Crippen LogP contribution in [0.5, 0.6) is 5.75 Å². The molecule has 0 aliphatic carbocycles. The normalized spacial score (nSPS) is 13.2. The summed E-state index contributed by atoms with van der Waals surface area (Å²) in [6.07, 6.45) is 11.4. The highest BCUT2D eigenvalue weighted by atomic mass is 35.5. The molecule has 0 unspecified atom stereocenters. The number of allylic oxidation sites excluding steroid dienone is 3. The van der Waals surface area contributed by atoms with Crippen LogP contribution in [0.3, 0.4) is 0 Å². The summed E-state index contributed by atoms with van der Waals surface area (Å²) < 4.78 is 5.93. The predicted molar refractivity (Wildman–Crippen MR) is 130 cm³/mol. The van der Waals surface area contributed by atoms with Crippen LogP contribution in [0.15, 0.2) is 53.4 Å². The van der Waals surface area contributed by atoms with Gasteiger partial charge in [0.2, 0.25) is 11.8 Å². The molecule has 1 aromatic heterocycles. The zero-order chi connectivity index (χ0) is 22.1. The third-order valence-electron chi connectivity index (χ3n) is 4.45. The second kappa shape index (κ2) is 11.6. The molecule has 0 amide bonds. The summed E-state index contributed by atoms with van der Waals surface area (Å²) in [6.45, 7) is 6.15. The second-order valence-electron chi connectivity index (χ2n) is 6.56. The quantitative estimate of drug-likeness (QED) is 0.431. The lowest BCUT2D eigenvalue weighted by atomic mass is 10.1. The SMILES string of the molecule is C/C=C(/C)CC/C=C/Nc1ncc2c(n1)N(C)N=C(c1c(C)cccc1Cl)O2.CS. The Bertz CT molecular complexity index is 938. The number of benzene rings is 1. The van der Waals surface area contributed by atoms with Crippen molar-refractivity contribution < 1.29 is 4.74 Å². The smallest absolute Gasteiger partial charge is 0.246 e. The summed E-state index contributed by atoms with van der Waals surface area (Å²) in [5.74, 6) is 2.04. The molecule has 1 N–H and O–H groups in total. The van der Waals surface area contributed by atoms with Gasteiger partial charge in [-0.25, -0.2) is 9.99 Å². The number of ether oxygens (including phenoxy) is 1. The molecule has 8 heteroatoms. The fourth-order valence-electron chi connectivity index (χ4n) is 2.72. The van der Waals surface area contributed by atoms with Gasteiger partial charge < -0.3 is 10.1 Å². The fourth-order valence-corrected chi connectivity index (χ4v) is 3.02. The minimum atomic E-state index is 0.432. The Balaban J connectivity index is 0.00000155. The average Bonchev–Trinajstić information content (AvgIpc) is 2.75. The van der Waals surface area contributed by atoms with Crippen LogP contribution < -0.4 is 15.1 Å². The van der Waals surface area contributed by atoms with E-state index >= 15 is 0 Å². The number of hydrazone groups is 1. The van der Waals surface area contributed by atoms with E-state index in [1.807, 2.05) is 38.4 Å². The van der Waals surface area contributed by atoms with Crippen LogP contribution in [0, 0.1) is 6.92 Å². The summed E-state index contributed by atoms with van der Waals surface area (Å²) in [4.78, 5) is 8.82. The average molecular weight is 446 g/mol. The van der Waals surface area contributed by atoms with Crippen LogP contribution >= 0.6 is 24.2 Å². The molecule has 1 aliphatic rings. The van der Waals surface area contributed by atoms with E-state index in [1.54, 1.807) is 17.5 Å². The van der Waals surface area contributed by atoms with Gasteiger partial charge in [-0.2, -0.15) is 17.6 Å². The lowest BCUT2D eigenvalue weighted by molar-refractivity contribution is 0.525. The van der Waals surface area contributed by atoms with E-state index in [2.05, 4.69) is 59.0 Å². The Morgan fingerprint density at radius 2 is 2.10 bits per heavy atom. The van der Waals surface area contributed by atoms with E-state index < -0.39 is 0 Å². The van der Waals surface area contributed by atoms with Gasteiger partial charge in [0.25, 0.3) is 0 Å². The van der Waals surface area contributed by atoms with Gasteiger partial charge >= 0.3 is 0 Å². The topological polar surface area (TPSA) is 62.6 Å². The zero-order valence-corrected chi connectivity index (χ0v) is 19.6. The van der Waals surface area contributed by atoms with E-state index in [1.165, 1.54) is 5.57 Å². The van der Waals surface area contributed by atoms with Crippen molar-refractivity contribution in [1.82, 2.24) is 9.97 Å². The molecule has 0 bridgehead atoms. The summed E-state index contributed by atoms with van der Waals surface area (Å²) in [7, 11) is 1.82. The number of aryl methyl sites for hydroxylation is 1. The number of halogens is 1. The van der Waals surface area contributed by atoms with Crippen LogP contribution in [0.1, 0.15) is 37.8 Å². The third-order valence-corrected chi connectivity index (χ3v) is 4.77. The Labute approximate surface area is 189 Å². The van der Waals surface area contributed by atoms with Crippen LogP contribution in [0.2, 0.25) is 5.02 Å². The van der Waals surface area contributed by atoms with Crippen molar-refractivity contribution in [2.75, 3.05) is 23.6 Å². The highest BCUT2D eigenvalue weighted by Crippen LogP contribution is 2.32. The number of anilines is 2. The second-order valence-corrected chi connectivity index (χ2v) is 6.97. The van der Waals surface area contributed by atoms with Crippen LogP contribution in [-0.2, 0) is 0 Å². The molecule has 0 saturated carbocycles. The predicted octanol–water partition coefficient (Wildman–Crippen LogP) is 5.85. The summed E-state index contributed by atoms with van der Waals surface area (Å²) in [6, 6.07) is 5.69. The molecular weight excluding hydrogens is 418 g/mol. The first-order valence-electron chi connectivity index (χ1n) is 9.60. The number of aromatic nitrogens is 2. The molecule has 2 heterocycles. The fraction of sp³-hybridized carbons (Fsp3) is 0.318. The van der Waals surface area contributed by atoms with Crippen LogP contribution in [-0.4, -0.2) is 29.2 Å². The maximum atomic E-state index is 6.34. The Morgan fingerprint density at radius 3 is 2.80 bits per heavy atom. The maximum Gasteiger partial charge on any atom is 0.246 e. The van der Waals surface area contributed by atoms with E-state index in [4.69, 9.17) is 16.3 Å². The number of hydrogen-bond acceptors (Lipinski definition) is 7. The molecule has 3 rings (SSSR count). The maximum absolute atomic E-state index is 6.34. The summed E-state index contributed by atoms with van der Waals surface area (Å²) in [5, 5.41) is 9.85. The van der Waals surface area contributed by atoms with Crippen molar-refractivity contribution in [3.05, 3.63) is 64.5 Å². The number of hydrogen-bond donors (Lipinski definition) is 2. The van der Waals surface area contributed by atoms with E-state index in [0.29, 0.717) is 28.4 Å². The minimum absolute atomic E-state index is 0.432. The molecule has 1 aliphatic heterocycles. The van der Waals surface area contributed by atoms with Crippen molar-refractivity contribution in [3.8, 4) is 5.75 Å². The molecule has 0 fully saturated rings. The first kappa shape index (κ1) is 23.8. The largest absolute Gasteiger partial charge is 0.431 e. The molecule has 1 aromatic carbocycles. The van der Waals surface area contributed by atoms with E-state index in [9.17, 15) is 0 Å². The highest BCUT2D eigenvalue weighted by molar-refractivity contribution is 7.79. The van der Waals surface area contributed by atoms with Gasteiger partial charge in [0.15, 0.2) is 11.6 Å². The lowest BCUT2D eigenvalue weighted by Crippen LogP contribution is -2.26. The number of fused-ring (bicyclic) bond motifs is 1. The first-order valence-corrected chi connectivity index (χ1v) is 10.9. The Hall–Kier alpha value is -2.51. The van der Waals surface area contributed by atoms with Gasteiger partial charge in [-0.3, -0.25) is 0 Å². The van der Waals surface area contributed by atoms with Crippen molar-refractivity contribution >= 4 is 41.9 Å². The number of nitrogens with one attached hydrogen (secondary N) is 1. The third kappa shape index (κ3) is 6.00. The molecular formula is C22H28ClN5OS. The zero-order valence-electron chi connectivity index (χ0n) is 18.0. The molecule has 2 aromatic rings. The number of nitrogens with zero attached hydrogens (tertiary/aromatic N) is 4. The standard InChI is InChI=1S/C21H24ClN5O.CH4S/c1-5-14(2)9-6-7-12-23-21-24-13-17-19(25-21)27(4)26-20(28-17)18-15(3)10-8-11-16(18)22;1-2/h5,7-8,10-13H,6,9H2,1-4H3,(H,23,24,25);2H,1H3/b12-7+,14-5-;. The molecule has 30 heavy (non-hydrogen) atoms. The monoisotopic (exact) mass is 445 g/mol. The van der Waals surface area contributed by atoms with Crippen LogP contribution in [0.4, 0.5) is 11.8 Å². The number of rotatable bonds is 6. The molecule has 0 saturated heterocycles. The summed E-state index contributed by atoms with van der Waals surface area (Å²) in [5.41, 5.74) is 3.12. The van der Waals surface area contributed by atoms with Gasteiger partial charge in [0.1, 0.15) is 0 Å². The minimum Gasteiger partial charge on any atom is -0.431 e. The lowest BCUT2D eigenvalue weighted by Gasteiger charge is -2.24. The van der Waals surface area contributed by atoms with Crippen LogP contribution in [0.25, 0.3) is 0 Å². The molecule has 0 spiro atoms.